The molecule has 1 aromatic carbocycles. The lowest BCUT2D eigenvalue weighted by molar-refractivity contribution is -0.384. The number of rotatable bonds is 5. The highest BCUT2D eigenvalue weighted by molar-refractivity contribution is 6.08. The summed E-state index contributed by atoms with van der Waals surface area (Å²) in [6.45, 7) is 3.66. The van der Waals surface area contributed by atoms with Gasteiger partial charge in [-0.15, -0.1) is 0 Å². The highest BCUT2D eigenvalue weighted by Gasteiger charge is 2.17. The summed E-state index contributed by atoms with van der Waals surface area (Å²) in [5.74, 6) is -0.317. The Balaban J connectivity index is 2.55. The summed E-state index contributed by atoms with van der Waals surface area (Å²) in [6.07, 6.45) is 3.15. The predicted molar refractivity (Wildman–Crippen MR) is 84.2 cm³/mol. The van der Waals surface area contributed by atoms with Crippen LogP contribution in [0.1, 0.15) is 5.69 Å². The first-order valence-corrected chi connectivity index (χ1v) is 6.26. The Bertz CT molecular complexity index is 762. The van der Waals surface area contributed by atoms with Crippen molar-refractivity contribution in [2.75, 3.05) is 0 Å². The summed E-state index contributed by atoms with van der Waals surface area (Å²) in [6, 6.07) is 9.85. The molecule has 8 nitrogen and oxygen atoms in total. The molecule has 0 saturated heterocycles. The van der Waals surface area contributed by atoms with E-state index in [1.165, 1.54) is 12.1 Å². The van der Waals surface area contributed by atoms with Crippen LogP contribution in [0.25, 0.3) is 5.69 Å². The second-order valence-electron chi connectivity index (χ2n) is 4.24. The van der Waals surface area contributed by atoms with Crippen LogP contribution in [0, 0.1) is 15.5 Å². The van der Waals surface area contributed by atoms with E-state index in [0.29, 0.717) is 17.1 Å². The zero-order valence-corrected chi connectivity index (χ0v) is 11.6. The van der Waals surface area contributed by atoms with Crippen molar-refractivity contribution in [2.45, 2.75) is 0 Å². The molecule has 0 aliphatic heterocycles. The van der Waals surface area contributed by atoms with E-state index in [1.54, 1.807) is 41.1 Å². The van der Waals surface area contributed by atoms with Crippen LogP contribution in [-0.4, -0.2) is 21.2 Å². The molecule has 8 heteroatoms. The SMILES string of the molecule is C=CC(=NNC(=N)N)c1cccn1-c1ccccc1[N+](=O)[O-]. The molecular formula is C14H14N6O2. The van der Waals surface area contributed by atoms with Crippen molar-refractivity contribution in [3.05, 3.63) is 71.1 Å². The average Bonchev–Trinajstić information content (AvgIpc) is 2.97. The topological polar surface area (TPSA) is 122 Å². The van der Waals surface area contributed by atoms with E-state index < -0.39 is 4.92 Å². The number of hydrazone groups is 1. The molecule has 0 amide bonds. The van der Waals surface area contributed by atoms with E-state index in [4.69, 9.17) is 11.1 Å². The minimum Gasteiger partial charge on any atom is -0.369 e. The van der Waals surface area contributed by atoms with Crippen molar-refractivity contribution >= 4 is 17.4 Å². The Kier molecular flexibility index (Phi) is 4.33. The van der Waals surface area contributed by atoms with E-state index in [9.17, 15) is 10.1 Å². The third kappa shape index (κ3) is 3.01. The van der Waals surface area contributed by atoms with E-state index >= 15 is 0 Å². The first-order valence-electron chi connectivity index (χ1n) is 6.26. The van der Waals surface area contributed by atoms with Gasteiger partial charge in [0.1, 0.15) is 11.4 Å². The monoisotopic (exact) mass is 298 g/mol. The number of guanidine groups is 1. The van der Waals surface area contributed by atoms with Crippen molar-refractivity contribution in [1.29, 1.82) is 5.41 Å². The molecule has 0 fully saturated rings. The van der Waals surface area contributed by atoms with Gasteiger partial charge in [-0.05, 0) is 24.3 Å². The molecule has 0 aliphatic carbocycles. The molecule has 1 aromatic heterocycles. The zero-order chi connectivity index (χ0) is 16.1. The average molecular weight is 298 g/mol. The van der Waals surface area contributed by atoms with Crippen LogP contribution in [0.4, 0.5) is 5.69 Å². The minimum atomic E-state index is -0.447. The number of nitro groups is 1. The zero-order valence-electron chi connectivity index (χ0n) is 11.6. The van der Waals surface area contributed by atoms with Gasteiger partial charge in [-0.25, -0.2) is 5.43 Å². The smallest absolute Gasteiger partial charge is 0.293 e. The lowest BCUT2D eigenvalue weighted by atomic mass is 10.2. The number of allylic oxidation sites excluding steroid dienone is 1. The Labute approximate surface area is 126 Å². The first-order chi connectivity index (χ1) is 10.5. The lowest BCUT2D eigenvalue weighted by Crippen LogP contribution is -2.27. The van der Waals surface area contributed by atoms with Crippen molar-refractivity contribution in [3.63, 3.8) is 0 Å². The molecular weight excluding hydrogens is 284 g/mol. The molecule has 0 atom stereocenters. The van der Waals surface area contributed by atoms with Crippen molar-refractivity contribution in [2.24, 2.45) is 10.8 Å². The Hall–Kier alpha value is -3.42. The molecule has 1 heterocycles. The Morgan fingerprint density at radius 1 is 1.41 bits per heavy atom. The Morgan fingerprint density at radius 3 is 2.77 bits per heavy atom. The molecule has 112 valence electrons. The van der Waals surface area contributed by atoms with Gasteiger partial charge in [-0.1, -0.05) is 18.7 Å². The molecule has 0 radical (unpaired) electrons. The lowest BCUT2D eigenvalue weighted by Gasteiger charge is -2.10. The summed E-state index contributed by atoms with van der Waals surface area (Å²) >= 11 is 0. The maximum Gasteiger partial charge on any atom is 0.293 e. The van der Waals surface area contributed by atoms with Gasteiger partial charge in [0.15, 0.2) is 0 Å². The summed E-state index contributed by atoms with van der Waals surface area (Å²) in [5, 5.41) is 22.2. The molecule has 0 spiro atoms. The number of benzene rings is 1. The number of nitrogens with one attached hydrogen (secondary N) is 2. The fraction of sp³-hybridized carbons (Fsp3) is 0. The maximum absolute atomic E-state index is 11.2. The molecule has 22 heavy (non-hydrogen) atoms. The van der Waals surface area contributed by atoms with Gasteiger partial charge >= 0.3 is 0 Å². The van der Waals surface area contributed by atoms with Crippen LogP contribution in [0.2, 0.25) is 0 Å². The Morgan fingerprint density at radius 2 is 2.14 bits per heavy atom. The number of nitro benzene ring substituents is 1. The number of hydrogen-bond donors (Lipinski definition) is 3. The van der Waals surface area contributed by atoms with Crippen LogP contribution in [0.5, 0.6) is 0 Å². The largest absolute Gasteiger partial charge is 0.369 e. The fourth-order valence-electron chi connectivity index (χ4n) is 1.95. The first kappa shape index (κ1) is 15.0. The van der Waals surface area contributed by atoms with Gasteiger partial charge in [-0.3, -0.25) is 15.5 Å². The maximum atomic E-state index is 11.2. The van der Waals surface area contributed by atoms with Crippen molar-refractivity contribution < 1.29 is 4.92 Å². The summed E-state index contributed by atoms with van der Waals surface area (Å²) in [5.41, 5.74) is 8.89. The van der Waals surface area contributed by atoms with Crippen LogP contribution in [0.3, 0.4) is 0 Å². The molecule has 0 aliphatic rings. The van der Waals surface area contributed by atoms with E-state index in [2.05, 4.69) is 17.1 Å². The van der Waals surface area contributed by atoms with Gasteiger partial charge in [0.05, 0.1) is 10.6 Å². The summed E-state index contributed by atoms with van der Waals surface area (Å²) in [4.78, 5) is 10.7. The van der Waals surface area contributed by atoms with Crippen molar-refractivity contribution in [1.82, 2.24) is 9.99 Å². The number of para-hydroxylation sites is 2. The second-order valence-corrected chi connectivity index (χ2v) is 4.24. The van der Waals surface area contributed by atoms with Gasteiger partial charge < -0.3 is 10.3 Å². The van der Waals surface area contributed by atoms with Crippen LogP contribution in [0.15, 0.2) is 60.4 Å². The van der Waals surface area contributed by atoms with Gasteiger partial charge in [-0.2, -0.15) is 5.10 Å². The highest BCUT2D eigenvalue weighted by Crippen LogP contribution is 2.24. The van der Waals surface area contributed by atoms with Crippen LogP contribution >= 0.6 is 0 Å². The third-order valence-electron chi connectivity index (χ3n) is 2.84. The molecule has 0 saturated carbocycles. The molecule has 0 unspecified atom stereocenters. The number of nitrogens with two attached hydrogens (primary N) is 1. The van der Waals surface area contributed by atoms with E-state index in [0.717, 1.165) is 0 Å². The quantitative estimate of drug-likeness (QED) is 0.337. The van der Waals surface area contributed by atoms with Gasteiger partial charge in [0.2, 0.25) is 5.96 Å². The number of nitrogens with zero attached hydrogens (tertiary/aromatic N) is 3. The van der Waals surface area contributed by atoms with Crippen LogP contribution in [-0.2, 0) is 0 Å². The highest BCUT2D eigenvalue weighted by atomic mass is 16.6. The second kappa shape index (κ2) is 6.35. The summed E-state index contributed by atoms with van der Waals surface area (Å²) < 4.78 is 1.63. The normalized spacial score (nSPS) is 11.0. The fourth-order valence-corrected chi connectivity index (χ4v) is 1.95. The van der Waals surface area contributed by atoms with Crippen molar-refractivity contribution in [3.8, 4) is 5.69 Å². The van der Waals surface area contributed by atoms with Gasteiger partial charge in [0.25, 0.3) is 5.69 Å². The minimum absolute atomic E-state index is 0.0251. The molecule has 2 rings (SSSR count). The summed E-state index contributed by atoms with van der Waals surface area (Å²) in [7, 11) is 0. The van der Waals surface area contributed by atoms with E-state index in [1.807, 2.05) is 0 Å². The third-order valence-corrected chi connectivity index (χ3v) is 2.84. The molecule has 0 bridgehead atoms. The molecule has 4 N–H and O–H groups in total. The van der Waals surface area contributed by atoms with Gasteiger partial charge in [0, 0.05) is 12.3 Å². The van der Waals surface area contributed by atoms with Crippen LogP contribution < -0.4 is 11.2 Å². The predicted octanol–water partition coefficient (Wildman–Crippen LogP) is 1.76. The standard InChI is InChI=1S/C14H14N6O2/c1-2-10(17-18-14(15)16)11-8-5-9-19(11)12-6-3-4-7-13(12)20(21)22/h2-9H,1H2,(H4,15,16,18). The molecule has 2 aromatic rings. The van der Waals surface area contributed by atoms with E-state index in [-0.39, 0.29) is 11.6 Å². The number of hydrogen-bond acceptors (Lipinski definition) is 4. The number of aromatic nitrogens is 1.